The maximum absolute atomic E-state index is 13.3. The molecule has 0 aliphatic heterocycles. The summed E-state index contributed by atoms with van der Waals surface area (Å²) in [4.78, 5) is -1.11. The lowest BCUT2D eigenvalue weighted by molar-refractivity contribution is -0.139. The number of primary sulfonamides is 1. The molecule has 0 amide bonds. The molecule has 154 valence electrons. The summed E-state index contributed by atoms with van der Waals surface area (Å²) in [6.07, 6.45) is -4.92. The van der Waals surface area contributed by atoms with Crippen molar-refractivity contribution in [1.82, 2.24) is 4.31 Å². The van der Waals surface area contributed by atoms with Gasteiger partial charge in [-0.1, -0.05) is 23.7 Å². The van der Waals surface area contributed by atoms with Gasteiger partial charge in [-0.2, -0.15) is 17.5 Å². The van der Waals surface area contributed by atoms with Crippen LogP contribution >= 0.6 is 11.6 Å². The Morgan fingerprint density at radius 1 is 1.04 bits per heavy atom. The predicted molar refractivity (Wildman–Crippen MR) is 97.6 cm³/mol. The lowest BCUT2D eigenvalue weighted by Gasteiger charge is -2.26. The lowest BCUT2D eigenvalue weighted by Crippen LogP contribution is -2.31. The molecule has 12 heteroatoms. The molecule has 0 aliphatic carbocycles. The Labute approximate surface area is 165 Å². The number of nitrogens with two attached hydrogens (primary N) is 1. The SMILES string of the molecule is CC(c1ccc(S(N)(=O)=O)cc1)N(C)S(=O)(=O)c1ccc(Cl)cc1C(F)(F)F. The van der Waals surface area contributed by atoms with Gasteiger partial charge in [0, 0.05) is 18.1 Å². The van der Waals surface area contributed by atoms with Gasteiger partial charge in [0.15, 0.2) is 0 Å². The molecule has 1 unspecified atom stereocenters. The van der Waals surface area contributed by atoms with Gasteiger partial charge in [-0.15, -0.1) is 0 Å². The summed E-state index contributed by atoms with van der Waals surface area (Å²) in [5, 5.41) is 4.76. The van der Waals surface area contributed by atoms with Crippen LogP contribution in [0.5, 0.6) is 0 Å². The number of alkyl halides is 3. The zero-order chi connectivity index (χ0) is 21.5. The minimum Gasteiger partial charge on any atom is -0.225 e. The maximum Gasteiger partial charge on any atom is 0.417 e. The molecule has 0 fully saturated rings. The van der Waals surface area contributed by atoms with Crippen molar-refractivity contribution >= 4 is 31.6 Å². The minimum atomic E-state index is -4.92. The molecule has 6 nitrogen and oxygen atoms in total. The lowest BCUT2D eigenvalue weighted by atomic mass is 10.1. The predicted octanol–water partition coefficient (Wildman–Crippen LogP) is 3.39. The number of hydrogen-bond acceptors (Lipinski definition) is 4. The summed E-state index contributed by atoms with van der Waals surface area (Å²) in [5.41, 5.74) is -1.01. The van der Waals surface area contributed by atoms with Crippen molar-refractivity contribution in [3.63, 3.8) is 0 Å². The highest BCUT2D eigenvalue weighted by Gasteiger charge is 2.39. The Hall–Kier alpha value is -1.66. The van der Waals surface area contributed by atoms with Gasteiger partial charge in [-0.3, -0.25) is 0 Å². The first-order chi connectivity index (χ1) is 12.7. The molecule has 1 atom stereocenters. The quantitative estimate of drug-likeness (QED) is 0.745. The molecular weight excluding hydrogens is 441 g/mol. The number of benzene rings is 2. The van der Waals surface area contributed by atoms with Crippen LogP contribution in [0, 0.1) is 0 Å². The largest absolute Gasteiger partial charge is 0.417 e. The highest BCUT2D eigenvalue weighted by molar-refractivity contribution is 7.89. The van der Waals surface area contributed by atoms with Crippen LogP contribution in [0.4, 0.5) is 13.2 Å². The number of halogens is 4. The second-order valence-corrected chi connectivity index (χ2v) is 9.91. The van der Waals surface area contributed by atoms with Crippen LogP contribution in [0.15, 0.2) is 52.3 Å². The first kappa shape index (κ1) is 22.6. The van der Waals surface area contributed by atoms with Gasteiger partial charge in [0.1, 0.15) is 0 Å². The summed E-state index contributed by atoms with van der Waals surface area (Å²) in [6.45, 7) is 1.45. The van der Waals surface area contributed by atoms with Crippen LogP contribution in [0.3, 0.4) is 0 Å². The van der Waals surface area contributed by atoms with Crippen molar-refractivity contribution in [1.29, 1.82) is 0 Å². The summed E-state index contributed by atoms with van der Waals surface area (Å²) < 4.78 is 88.9. The summed E-state index contributed by atoms with van der Waals surface area (Å²) in [7, 11) is -7.35. The molecule has 2 N–H and O–H groups in total. The minimum absolute atomic E-state index is 0.175. The fourth-order valence-electron chi connectivity index (χ4n) is 2.46. The molecule has 0 bridgehead atoms. The maximum atomic E-state index is 13.3. The van der Waals surface area contributed by atoms with E-state index >= 15 is 0 Å². The van der Waals surface area contributed by atoms with Crippen molar-refractivity contribution in [3.8, 4) is 0 Å². The summed E-state index contributed by atoms with van der Waals surface area (Å²) >= 11 is 5.59. The fourth-order valence-corrected chi connectivity index (χ4v) is 4.69. The molecule has 0 radical (unpaired) electrons. The van der Waals surface area contributed by atoms with E-state index in [0.717, 1.165) is 23.5 Å². The topological polar surface area (TPSA) is 97.5 Å². The molecule has 0 spiro atoms. The molecule has 0 saturated carbocycles. The third kappa shape index (κ3) is 4.66. The standard InChI is InChI=1S/C16H16ClF3N2O4S2/c1-10(11-3-6-13(7-4-11)27(21,23)24)22(2)28(25,26)15-8-5-12(17)9-14(15)16(18,19)20/h3-10H,1-2H3,(H2,21,23,24). The third-order valence-electron chi connectivity index (χ3n) is 4.14. The molecule has 28 heavy (non-hydrogen) atoms. The molecule has 0 aromatic heterocycles. The van der Waals surface area contributed by atoms with E-state index in [9.17, 15) is 30.0 Å². The Balaban J connectivity index is 2.47. The highest BCUT2D eigenvalue weighted by Crippen LogP contribution is 2.38. The second kappa shape index (κ2) is 7.64. The van der Waals surface area contributed by atoms with Crippen molar-refractivity contribution in [2.75, 3.05) is 7.05 Å². The molecule has 2 aromatic carbocycles. The van der Waals surface area contributed by atoms with E-state index < -0.39 is 42.7 Å². The first-order valence-electron chi connectivity index (χ1n) is 7.63. The van der Waals surface area contributed by atoms with E-state index in [-0.39, 0.29) is 9.92 Å². The van der Waals surface area contributed by atoms with Gasteiger partial charge >= 0.3 is 6.18 Å². The van der Waals surface area contributed by atoms with Crippen molar-refractivity contribution < 1.29 is 30.0 Å². The van der Waals surface area contributed by atoms with Gasteiger partial charge in [-0.25, -0.2) is 22.0 Å². The van der Waals surface area contributed by atoms with Crippen LogP contribution in [-0.2, 0) is 26.2 Å². The van der Waals surface area contributed by atoms with Gasteiger partial charge in [0.2, 0.25) is 20.0 Å². The van der Waals surface area contributed by atoms with E-state index in [1.54, 1.807) is 0 Å². The monoisotopic (exact) mass is 456 g/mol. The Bertz CT molecular complexity index is 1090. The van der Waals surface area contributed by atoms with E-state index in [2.05, 4.69) is 0 Å². The van der Waals surface area contributed by atoms with Crippen molar-refractivity contribution in [3.05, 3.63) is 58.6 Å². The fraction of sp³-hybridized carbons (Fsp3) is 0.250. The van der Waals surface area contributed by atoms with Crippen LogP contribution in [-0.4, -0.2) is 28.2 Å². The summed E-state index contributed by atoms with van der Waals surface area (Å²) in [5.74, 6) is 0. The Morgan fingerprint density at radius 2 is 1.57 bits per heavy atom. The number of sulfonamides is 2. The Kier molecular flexibility index (Phi) is 6.17. The van der Waals surface area contributed by atoms with Crippen LogP contribution < -0.4 is 5.14 Å². The second-order valence-electron chi connectivity index (χ2n) is 5.95. The van der Waals surface area contributed by atoms with Crippen LogP contribution in [0.2, 0.25) is 5.02 Å². The van der Waals surface area contributed by atoms with E-state index in [1.165, 1.54) is 31.2 Å². The van der Waals surface area contributed by atoms with E-state index in [0.29, 0.717) is 11.6 Å². The number of nitrogens with zero attached hydrogens (tertiary/aromatic N) is 1. The van der Waals surface area contributed by atoms with Gasteiger partial charge in [0.05, 0.1) is 15.4 Å². The normalized spacial score (nSPS) is 14.3. The van der Waals surface area contributed by atoms with Crippen molar-refractivity contribution in [2.45, 2.75) is 28.9 Å². The van der Waals surface area contributed by atoms with Gasteiger partial charge in [-0.05, 0) is 42.8 Å². The Morgan fingerprint density at radius 3 is 2.04 bits per heavy atom. The molecule has 0 saturated heterocycles. The highest BCUT2D eigenvalue weighted by atomic mass is 35.5. The van der Waals surface area contributed by atoms with Crippen LogP contribution in [0.1, 0.15) is 24.1 Å². The molecule has 0 heterocycles. The van der Waals surface area contributed by atoms with Gasteiger partial charge < -0.3 is 0 Å². The van der Waals surface area contributed by atoms with E-state index in [4.69, 9.17) is 16.7 Å². The van der Waals surface area contributed by atoms with E-state index in [1.807, 2.05) is 0 Å². The van der Waals surface area contributed by atoms with Crippen molar-refractivity contribution in [2.24, 2.45) is 5.14 Å². The zero-order valence-corrected chi connectivity index (χ0v) is 17.0. The smallest absolute Gasteiger partial charge is 0.225 e. The average molecular weight is 457 g/mol. The molecule has 2 rings (SSSR count). The average Bonchev–Trinajstić information content (AvgIpc) is 2.58. The first-order valence-corrected chi connectivity index (χ1v) is 11.0. The number of hydrogen-bond donors (Lipinski definition) is 1. The number of rotatable bonds is 5. The molecule has 0 aliphatic rings. The zero-order valence-electron chi connectivity index (χ0n) is 14.6. The molecule has 2 aromatic rings. The summed E-state index contributed by atoms with van der Waals surface area (Å²) in [6, 6.07) is 6.56. The van der Waals surface area contributed by atoms with Gasteiger partial charge in [0.25, 0.3) is 0 Å². The molecular formula is C16H16ClF3N2O4S2. The van der Waals surface area contributed by atoms with Crippen LogP contribution in [0.25, 0.3) is 0 Å². The third-order valence-corrected chi connectivity index (χ3v) is 7.29.